The maximum atomic E-state index is 12.9. The zero-order valence-corrected chi connectivity index (χ0v) is 16.3. The number of nitrogens with one attached hydrogen (secondary N) is 1. The normalized spacial score (nSPS) is 10.8. The first-order chi connectivity index (χ1) is 14.1. The monoisotopic (exact) mass is 403 g/mol. The van der Waals surface area contributed by atoms with Gasteiger partial charge in [0.2, 0.25) is 0 Å². The summed E-state index contributed by atoms with van der Waals surface area (Å²) < 4.78 is 1.24. The van der Waals surface area contributed by atoms with Gasteiger partial charge in [-0.1, -0.05) is 60.1 Å². The fraction of sp³-hybridized carbons (Fsp3) is 0.0870. The Morgan fingerprint density at radius 2 is 1.55 bits per heavy atom. The lowest BCUT2D eigenvalue weighted by Gasteiger charge is -2.11. The standard InChI is InChI=1S/C23H18ClN3O2/c24-17-10-12-18(13-11-17)27-23(29)20-9-5-4-8-19(20)21(26-27)22(28)25-15-14-16-6-2-1-3-7-16/h1-13H,14-15H2,(H,25,28). The first-order valence-corrected chi connectivity index (χ1v) is 9.61. The maximum Gasteiger partial charge on any atom is 0.279 e. The van der Waals surface area contributed by atoms with Gasteiger partial charge < -0.3 is 5.32 Å². The molecular formula is C23H18ClN3O2. The van der Waals surface area contributed by atoms with Crippen LogP contribution in [0, 0.1) is 0 Å². The van der Waals surface area contributed by atoms with Gasteiger partial charge in [-0.05, 0) is 42.3 Å². The van der Waals surface area contributed by atoms with Crippen LogP contribution in [0.4, 0.5) is 0 Å². The highest BCUT2D eigenvalue weighted by molar-refractivity contribution is 6.30. The van der Waals surface area contributed by atoms with Gasteiger partial charge in [-0.3, -0.25) is 9.59 Å². The van der Waals surface area contributed by atoms with Gasteiger partial charge in [-0.25, -0.2) is 0 Å². The molecule has 1 aromatic heterocycles. The van der Waals surface area contributed by atoms with E-state index < -0.39 is 0 Å². The molecule has 29 heavy (non-hydrogen) atoms. The summed E-state index contributed by atoms with van der Waals surface area (Å²) in [5.41, 5.74) is 1.60. The fourth-order valence-electron chi connectivity index (χ4n) is 3.16. The van der Waals surface area contributed by atoms with Crippen LogP contribution in [0.15, 0.2) is 83.7 Å². The van der Waals surface area contributed by atoms with E-state index in [2.05, 4.69) is 10.4 Å². The van der Waals surface area contributed by atoms with Crippen molar-refractivity contribution in [2.24, 2.45) is 0 Å². The van der Waals surface area contributed by atoms with Crippen molar-refractivity contribution in [2.45, 2.75) is 6.42 Å². The quantitative estimate of drug-likeness (QED) is 0.547. The van der Waals surface area contributed by atoms with Crippen molar-refractivity contribution in [3.63, 3.8) is 0 Å². The number of nitrogens with zero attached hydrogens (tertiary/aromatic N) is 2. The van der Waals surface area contributed by atoms with Crippen LogP contribution in [0.1, 0.15) is 16.1 Å². The molecule has 1 heterocycles. The van der Waals surface area contributed by atoms with Crippen LogP contribution in [0.5, 0.6) is 0 Å². The summed E-state index contributed by atoms with van der Waals surface area (Å²) in [7, 11) is 0. The van der Waals surface area contributed by atoms with Crippen molar-refractivity contribution in [3.8, 4) is 5.69 Å². The van der Waals surface area contributed by atoms with Crippen LogP contribution in [0.25, 0.3) is 16.5 Å². The Hall–Kier alpha value is -3.44. The number of benzene rings is 3. The minimum Gasteiger partial charge on any atom is -0.350 e. The molecule has 6 heteroatoms. The summed E-state index contributed by atoms with van der Waals surface area (Å²) in [4.78, 5) is 25.8. The van der Waals surface area contributed by atoms with Gasteiger partial charge in [-0.15, -0.1) is 0 Å². The minimum absolute atomic E-state index is 0.211. The second-order valence-corrected chi connectivity index (χ2v) is 7.02. The van der Waals surface area contributed by atoms with Crippen molar-refractivity contribution >= 4 is 28.3 Å². The molecule has 3 aromatic carbocycles. The average Bonchev–Trinajstić information content (AvgIpc) is 2.76. The molecule has 144 valence electrons. The highest BCUT2D eigenvalue weighted by Gasteiger charge is 2.17. The number of amides is 1. The van der Waals surface area contributed by atoms with Crippen LogP contribution in [-0.2, 0) is 6.42 Å². The molecule has 0 radical (unpaired) electrons. The number of carbonyl (C=O) groups is 1. The summed E-state index contributed by atoms with van der Waals surface area (Å²) in [5.74, 6) is -0.320. The van der Waals surface area contributed by atoms with Crippen molar-refractivity contribution in [1.82, 2.24) is 15.1 Å². The second-order valence-electron chi connectivity index (χ2n) is 6.58. The van der Waals surface area contributed by atoms with Crippen molar-refractivity contribution in [1.29, 1.82) is 0 Å². The fourth-order valence-corrected chi connectivity index (χ4v) is 3.29. The Morgan fingerprint density at radius 1 is 0.897 bits per heavy atom. The number of hydrogen-bond donors (Lipinski definition) is 1. The Kier molecular flexibility index (Phi) is 5.40. The number of fused-ring (bicyclic) bond motifs is 1. The van der Waals surface area contributed by atoms with Gasteiger partial charge in [0.05, 0.1) is 11.1 Å². The summed E-state index contributed by atoms with van der Waals surface area (Å²) in [5, 5.41) is 8.80. The molecule has 4 aromatic rings. The molecule has 0 atom stereocenters. The molecule has 0 aliphatic carbocycles. The highest BCUT2D eigenvalue weighted by Crippen LogP contribution is 2.16. The molecule has 0 unspecified atom stereocenters. The van der Waals surface area contributed by atoms with E-state index in [1.54, 1.807) is 48.5 Å². The number of hydrogen-bond acceptors (Lipinski definition) is 3. The van der Waals surface area contributed by atoms with E-state index >= 15 is 0 Å². The summed E-state index contributed by atoms with van der Waals surface area (Å²) in [6.07, 6.45) is 0.710. The van der Waals surface area contributed by atoms with Gasteiger partial charge in [0, 0.05) is 17.0 Å². The van der Waals surface area contributed by atoms with E-state index in [1.165, 1.54) is 4.68 Å². The largest absolute Gasteiger partial charge is 0.350 e. The number of halogens is 1. The van der Waals surface area contributed by atoms with E-state index in [0.717, 1.165) is 5.56 Å². The first-order valence-electron chi connectivity index (χ1n) is 9.23. The molecule has 1 amide bonds. The smallest absolute Gasteiger partial charge is 0.279 e. The SMILES string of the molecule is O=C(NCCc1ccccc1)c1nn(-c2ccc(Cl)cc2)c(=O)c2ccccc12. The maximum absolute atomic E-state index is 12.9. The predicted molar refractivity (Wildman–Crippen MR) is 115 cm³/mol. The molecule has 0 saturated carbocycles. The molecule has 1 N–H and O–H groups in total. The molecule has 0 bridgehead atoms. The topological polar surface area (TPSA) is 64.0 Å². The van der Waals surface area contributed by atoms with Crippen LogP contribution >= 0.6 is 11.6 Å². The van der Waals surface area contributed by atoms with E-state index in [4.69, 9.17) is 11.6 Å². The molecule has 0 fully saturated rings. The zero-order chi connectivity index (χ0) is 20.2. The first kappa shape index (κ1) is 18.9. The minimum atomic E-state index is -0.320. The summed E-state index contributed by atoms with van der Waals surface area (Å²) >= 11 is 5.95. The highest BCUT2D eigenvalue weighted by atomic mass is 35.5. The molecule has 0 spiro atoms. The lowest BCUT2D eigenvalue weighted by Crippen LogP contribution is -2.31. The third-order valence-corrected chi connectivity index (χ3v) is 4.89. The van der Waals surface area contributed by atoms with Gasteiger partial charge >= 0.3 is 0 Å². The molecule has 0 aliphatic heterocycles. The lowest BCUT2D eigenvalue weighted by molar-refractivity contribution is 0.0949. The van der Waals surface area contributed by atoms with Gasteiger partial charge in [0.1, 0.15) is 0 Å². The van der Waals surface area contributed by atoms with E-state index in [1.807, 2.05) is 30.3 Å². The molecule has 4 rings (SSSR count). The number of aromatic nitrogens is 2. The third kappa shape index (κ3) is 4.05. The third-order valence-electron chi connectivity index (χ3n) is 4.63. The lowest BCUT2D eigenvalue weighted by atomic mass is 10.1. The summed E-state index contributed by atoms with van der Waals surface area (Å²) in [6, 6.07) is 23.7. The predicted octanol–water partition coefficient (Wildman–Crippen LogP) is 4.01. The van der Waals surface area contributed by atoms with Gasteiger partial charge in [-0.2, -0.15) is 9.78 Å². The Labute approximate surface area is 172 Å². The van der Waals surface area contributed by atoms with Crippen LogP contribution < -0.4 is 10.9 Å². The van der Waals surface area contributed by atoms with Crippen molar-refractivity contribution in [2.75, 3.05) is 6.54 Å². The van der Waals surface area contributed by atoms with Crippen LogP contribution in [0.2, 0.25) is 5.02 Å². The Bertz CT molecular complexity index is 1220. The Morgan fingerprint density at radius 3 is 2.28 bits per heavy atom. The van der Waals surface area contributed by atoms with E-state index in [0.29, 0.717) is 34.4 Å². The van der Waals surface area contributed by atoms with Crippen molar-refractivity contribution in [3.05, 3.63) is 105 Å². The average molecular weight is 404 g/mol. The van der Waals surface area contributed by atoms with Crippen molar-refractivity contribution < 1.29 is 4.79 Å². The number of rotatable bonds is 5. The Balaban J connectivity index is 1.69. The molecule has 0 saturated heterocycles. The molecular weight excluding hydrogens is 386 g/mol. The van der Waals surface area contributed by atoms with Gasteiger partial charge in [0.25, 0.3) is 11.5 Å². The van der Waals surface area contributed by atoms with Gasteiger partial charge in [0.15, 0.2) is 5.69 Å². The molecule has 0 aliphatic rings. The number of carbonyl (C=O) groups excluding carboxylic acids is 1. The van der Waals surface area contributed by atoms with Crippen LogP contribution in [0.3, 0.4) is 0 Å². The zero-order valence-electron chi connectivity index (χ0n) is 15.5. The van der Waals surface area contributed by atoms with E-state index in [-0.39, 0.29) is 17.2 Å². The second kappa shape index (κ2) is 8.29. The molecule has 5 nitrogen and oxygen atoms in total. The van der Waals surface area contributed by atoms with E-state index in [9.17, 15) is 9.59 Å². The summed E-state index contributed by atoms with van der Waals surface area (Å²) in [6.45, 7) is 0.471. The van der Waals surface area contributed by atoms with Crippen LogP contribution in [-0.4, -0.2) is 22.2 Å².